The highest BCUT2D eigenvalue weighted by Crippen LogP contribution is 2.41. The van der Waals surface area contributed by atoms with Crippen LogP contribution >= 0.6 is 22.9 Å². The predicted octanol–water partition coefficient (Wildman–Crippen LogP) is 1.82. The summed E-state index contributed by atoms with van der Waals surface area (Å²) in [7, 11) is 0. The number of amides is 1. The quantitative estimate of drug-likeness (QED) is 0.755. The van der Waals surface area contributed by atoms with E-state index in [0.29, 0.717) is 24.8 Å². The molecule has 146 valence electrons. The Bertz CT molecular complexity index is 809. The third-order valence-electron chi connectivity index (χ3n) is 5.51. The van der Waals surface area contributed by atoms with Gasteiger partial charge < -0.3 is 10.1 Å². The first-order valence-electron chi connectivity index (χ1n) is 9.28. The molecule has 1 N–H and O–H groups in total. The topological polar surface area (TPSA) is 72.3 Å². The van der Waals surface area contributed by atoms with Crippen molar-refractivity contribution in [2.45, 2.75) is 26.4 Å². The molecule has 9 heteroatoms. The first kappa shape index (κ1) is 18.9. The van der Waals surface area contributed by atoms with Gasteiger partial charge in [-0.15, -0.1) is 11.3 Å². The summed E-state index contributed by atoms with van der Waals surface area (Å²) in [5.41, 5.74) is 0.627. The molecule has 2 saturated heterocycles. The van der Waals surface area contributed by atoms with Crippen LogP contribution in [-0.4, -0.2) is 58.4 Å². The minimum Gasteiger partial charge on any atom is -0.380 e. The van der Waals surface area contributed by atoms with Crippen molar-refractivity contribution < 1.29 is 9.53 Å². The number of halogens is 1. The van der Waals surface area contributed by atoms with Crippen LogP contribution in [0.1, 0.15) is 17.6 Å². The van der Waals surface area contributed by atoms with Crippen LogP contribution in [0.3, 0.4) is 0 Å². The molecule has 2 atom stereocenters. The van der Waals surface area contributed by atoms with E-state index in [2.05, 4.69) is 32.6 Å². The molecule has 2 aromatic heterocycles. The van der Waals surface area contributed by atoms with Crippen molar-refractivity contribution in [1.29, 1.82) is 0 Å². The van der Waals surface area contributed by atoms with E-state index >= 15 is 0 Å². The number of hydrogen-bond acceptors (Lipinski definition) is 6. The zero-order valence-corrected chi connectivity index (χ0v) is 16.9. The molecule has 2 aliphatic rings. The maximum absolute atomic E-state index is 13.0. The SMILES string of the molecule is CCc1csc(CNC(=O)[C@@]23COC[C@@H]2CN(CCn2cc(Cl)cn2)C3)n1. The summed E-state index contributed by atoms with van der Waals surface area (Å²) in [6.07, 6.45) is 4.38. The Kier molecular flexibility index (Phi) is 5.50. The minimum absolute atomic E-state index is 0.0860. The minimum atomic E-state index is -0.452. The number of likely N-dealkylation sites (tertiary alicyclic amines) is 1. The summed E-state index contributed by atoms with van der Waals surface area (Å²) in [5.74, 6) is 0.323. The van der Waals surface area contributed by atoms with Gasteiger partial charge in [0.15, 0.2) is 0 Å². The molecule has 4 heterocycles. The first-order chi connectivity index (χ1) is 13.1. The number of aryl methyl sites for hydroxylation is 1. The van der Waals surface area contributed by atoms with Crippen LogP contribution in [0, 0.1) is 11.3 Å². The summed E-state index contributed by atoms with van der Waals surface area (Å²) in [4.78, 5) is 19.9. The van der Waals surface area contributed by atoms with Crippen molar-refractivity contribution in [1.82, 2.24) is 25.0 Å². The lowest BCUT2D eigenvalue weighted by Gasteiger charge is -2.26. The largest absolute Gasteiger partial charge is 0.380 e. The highest BCUT2D eigenvalue weighted by molar-refractivity contribution is 7.09. The van der Waals surface area contributed by atoms with Crippen molar-refractivity contribution in [2.24, 2.45) is 11.3 Å². The van der Waals surface area contributed by atoms with E-state index in [4.69, 9.17) is 16.3 Å². The smallest absolute Gasteiger partial charge is 0.230 e. The lowest BCUT2D eigenvalue weighted by atomic mass is 9.80. The number of carbonyl (C=O) groups excluding carboxylic acids is 1. The van der Waals surface area contributed by atoms with Crippen molar-refractivity contribution in [3.63, 3.8) is 0 Å². The number of rotatable bonds is 7. The maximum atomic E-state index is 13.0. The van der Waals surface area contributed by atoms with Crippen LogP contribution in [0.2, 0.25) is 5.02 Å². The second kappa shape index (κ2) is 7.87. The highest BCUT2D eigenvalue weighted by Gasteiger charge is 2.55. The number of thiazole rings is 1. The van der Waals surface area contributed by atoms with Crippen LogP contribution in [-0.2, 0) is 29.0 Å². The molecule has 0 bridgehead atoms. The molecular weight excluding hydrogens is 386 g/mol. The molecule has 2 aromatic rings. The van der Waals surface area contributed by atoms with Crippen molar-refractivity contribution in [3.8, 4) is 0 Å². The molecule has 2 aliphatic heterocycles. The van der Waals surface area contributed by atoms with Gasteiger partial charge in [0, 0.05) is 37.1 Å². The number of nitrogens with one attached hydrogen (secondary N) is 1. The fourth-order valence-corrected chi connectivity index (χ4v) is 4.93. The lowest BCUT2D eigenvalue weighted by molar-refractivity contribution is -0.131. The maximum Gasteiger partial charge on any atom is 0.230 e. The Labute approximate surface area is 167 Å². The third kappa shape index (κ3) is 3.89. The molecule has 27 heavy (non-hydrogen) atoms. The number of fused-ring (bicyclic) bond motifs is 1. The molecule has 0 saturated carbocycles. The molecular formula is C18H24ClN5O2S. The zero-order valence-electron chi connectivity index (χ0n) is 15.4. The van der Waals surface area contributed by atoms with Crippen molar-refractivity contribution in [2.75, 3.05) is 32.8 Å². The fraction of sp³-hybridized carbons (Fsp3) is 0.611. The van der Waals surface area contributed by atoms with Crippen LogP contribution in [0.25, 0.3) is 0 Å². The van der Waals surface area contributed by atoms with E-state index in [0.717, 1.165) is 43.3 Å². The average molecular weight is 410 g/mol. The molecule has 7 nitrogen and oxygen atoms in total. The summed E-state index contributed by atoms with van der Waals surface area (Å²) in [6, 6.07) is 0. The van der Waals surface area contributed by atoms with Gasteiger partial charge in [-0.2, -0.15) is 5.10 Å². The van der Waals surface area contributed by atoms with Gasteiger partial charge in [-0.3, -0.25) is 14.4 Å². The number of hydrogen-bond donors (Lipinski definition) is 1. The monoisotopic (exact) mass is 409 g/mol. The summed E-state index contributed by atoms with van der Waals surface area (Å²) >= 11 is 7.52. The highest BCUT2D eigenvalue weighted by atomic mass is 35.5. The predicted molar refractivity (Wildman–Crippen MR) is 104 cm³/mol. The number of aromatic nitrogens is 3. The number of ether oxygens (including phenoxy) is 1. The lowest BCUT2D eigenvalue weighted by Crippen LogP contribution is -2.46. The Morgan fingerprint density at radius 2 is 2.41 bits per heavy atom. The third-order valence-corrected chi connectivity index (χ3v) is 6.60. The second-order valence-corrected chi connectivity index (χ2v) is 8.67. The summed E-state index contributed by atoms with van der Waals surface area (Å²) in [6.45, 7) is 6.91. The van der Waals surface area contributed by atoms with Crippen LogP contribution in [0.15, 0.2) is 17.8 Å². The normalized spacial score (nSPS) is 25.0. The van der Waals surface area contributed by atoms with Gasteiger partial charge in [-0.1, -0.05) is 18.5 Å². The standard InChI is InChI=1S/C18H24ClN5O2S/c1-2-15-10-27-16(22-15)6-20-17(25)18-11-23(7-13(18)9-26-12-18)3-4-24-8-14(19)5-21-24/h5,8,10,13H,2-4,6-7,9,11-12H2,1H3,(H,20,25)/t13-,18-/m0/s1. The molecule has 0 radical (unpaired) electrons. The first-order valence-corrected chi connectivity index (χ1v) is 10.5. The van der Waals surface area contributed by atoms with Crippen LogP contribution in [0.4, 0.5) is 0 Å². The Morgan fingerprint density at radius 1 is 1.52 bits per heavy atom. The van der Waals surface area contributed by atoms with E-state index in [-0.39, 0.29) is 11.8 Å². The van der Waals surface area contributed by atoms with Gasteiger partial charge in [0.25, 0.3) is 0 Å². The second-order valence-electron chi connectivity index (χ2n) is 7.29. The molecule has 4 rings (SSSR count). The number of nitrogens with zero attached hydrogens (tertiary/aromatic N) is 4. The van der Waals surface area contributed by atoms with Crippen molar-refractivity contribution >= 4 is 28.8 Å². The van der Waals surface area contributed by atoms with Gasteiger partial charge in [0.05, 0.1) is 48.6 Å². The van der Waals surface area contributed by atoms with E-state index in [1.165, 1.54) is 0 Å². The molecule has 2 fully saturated rings. The molecule has 0 aliphatic carbocycles. The number of carbonyl (C=O) groups is 1. The average Bonchev–Trinajstić information content (AvgIpc) is 3.41. The van der Waals surface area contributed by atoms with Gasteiger partial charge >= 0.3 is 0 Å². The van der Waals surface area contributed by atoms with Crippen molar-refractivity contribution in [3.05, 3.63) is 33.5 Å². The Hall–Kier alpha value is -1.48. The fourth-order valence-electron chi connectivity index (χ4n) is 3.96. The van der Waals surface area contributed by atoms with Gasteiger partial charge in [-0.05, 0) is 6.42 Å². The van der Waals surface area contributed by atoms with Gasteiger partial charge in [0.1, 0.15) is 5.01 Å². The van der Waals surface area contributed by atoms with E-state index in [1.807, 2.05) is 10.9 Å². The molecule has 0 unspecified atom stereocenters. The van der Waals surface area contributed by atoms with Crippen LogP contribution in [0.5, 0.6) is 0 Å². The zero-order chi connectivity index (χ0) is 18.9. The molecule has 1 amide bonds. The van der Waals surface area contributed by atoms with E-state index in [9.17, 15) is 4.79 Å². The van der Waals surface area contributed by atoms with E-state index < -0.39 is 5.41 Å². The van der Waals surface area contributed by atoms with Gasteiger partial charge in [0.2, 0.25) is 5.91 Å². The Morgan fingerprint density at radius 3 is 3.15 bits per heavy atom. The van der Waals surface area contributed by atoms with Crippen LogP contribution < -0.4 is 5.32 Å². The van der Waals surface area contributed by atoms with E-state index in [1.54, 1.807) is 17.5 Å². The molecule has 0 spiro atoms. The summed E-state index contributed by atoms with van der Waals surface area (Å²) < 4.78 is 7.53. The molecule has 0 aromatic carbocycles. The van der Waals surface area contributed by atoms with Gasteiger partial charge in [-0.25, -0.2) is 4.98 Å². The summed E-state index contributed by atoms with van der Waals surface area (Å²) in [5, 5.41) is 11.0. The Balaban J connectivity index is 1.35.